The summed E-state index contributed by atoms with van der Waals surface area (Å²) in [6.07, 6.45) is 14.4. The Morgan fingerprint density at radius 1 is 1.02 bits per heavy atom. The third kappa shape index (κ3) is 8.13. The van der Waals surface area contributed by atoms with Gasteiger partial charge in [0.15, 0.2) is 5.78 Å². The number of ether oxygens (including phenoxy) is 2. The molecule has 0 N–H and O–H groups in total. The standard InChI is InChI=1S/C45H54N4O5.Mg/c1-11-29-25(6)32-20-34-27(8)31(16-17-38(50)54-19-18-24(5)15-13-14-23(3)4)42(48-34)40-41(45(52)53-10)44(51)39-28(9)35(49-43(39)40)22-37-30(12-2)26(7)33(47-37)21-36(29)46-32;/h11,18,20-23,27,31,39,41,43H,1,12-17,19H2,2-10H3;/q-4;+2/b24-18+,33-21-,34-20-,37-22+,42-40-;/t27-,31-,39+,41+,43+;/m0./s1. The quantitative estimate of drug-likeness (QED) is 0.0988. The smallest absolute Gasteiger partial charge is 0.678 e. The molecule has 5 atom stereocenters. The van der Waals surface area contributed by atoms with Crippen molar-refractivity contribution in [1.29, 1.82) is 0 Å². The van der Waals surface area contributed by atoms with Crippen molar-refractivity contribution in [3.8, 4) is 0 Å². The molecule has 0 amide bonds. The molecule has 6 rings (SSSR count). The fraction of sp³-hybridized carbons (Fsp3) is 0.489. The third-order valence-corrected chi connectivity index (χ3v) is 11.9. The van der Waals surface area contributed by atoms with Gasteiger partial charge in [0.25, 0.3) is 0 Å². The van der Waals surface area contributed by atoms with Crippen LogP contribution in [0.25, 0.3) is 34.9 Å². The summed E-state index contributed by atoms with van der Waals surface area (Å²) in [4.78, 5) is 51.1. The number of nitrogens with zero attached hydrogens (tertiary/aromatic N) is 4. The number of hydrogen-bond donors (Lipinski definition) is 0. The number of Topliss-reactive ketones (excluding diaryl/α,β-unsaturated/α-hetero) is 1. The number of rotatable bonds is 12. The van der Waals surface area contributed by atoms with Crippen LogP contribution in [0.5, 0.6) is 0 Å². The van der Waals surface area contributed by atoms with E-state index in [2.05, 4.69) is 48.1 Å². The summed E-state index contributed by atoms with van der Waals surface area (Å²) >= 11 is 0. The average Bonchev–Trinajstić information content (AvgIpc) is 3.87. The summed E-state index contributed by atoms with van der Waals surface area (Å²) in [6.45, 7) is 21.1. The van der Waals surface area contributed by atoms with Crippen LogP contribution < -0.4 is 20.7 Å². The number of carbonyl (C=O) groups is 3. The Kier molecular flexibility index (Phi) is 13.3. The summed E-state index contributed by atoms with van der Waals surface area (Å²) in [5.41, 5.74) is 10.3. The van der Waals surface area contributed by atoms with Crippen molar-refractivity contribution >= 4 is 65.1 Å². The molecule has 10 heteroatoms. The van der Waals surface area contributed by atoms with E-state index in [1.165, 1.54) is 19.1 Å². The van der Waals surface area contributed by atoms with E-state index in [9.17, 15) is 14.4 Å². The van der Waals surface area contributed by atoms with Crippen LogP contribution in [0, 0.1) is 43.4 Å². The van der Waals surface area contributed by atoms with E-state index < -0.39 is 23.8 Å². The maximum absolute atomic E-state index is 14.3. The summed E-state index contributed by atoms with van der Waals surface area (Å²) < 4.78 is 10.9. The summed E-state index contributed by atoms with van der Waals surface area (Å²) in [5.74, 6) is -2.69. The van der Waals surface area contributed by atoms with Gasteiger partial charge in [-0.3, -0.25) is 14.4 Å². The van der Waals surface area contributed by atoms with Gasteiger partial charge in [0.05, 0.1) is 7.11 Å². The van der Waals surface area contributed by atoms with Crippen molar-refractivity contribution < 1.29 is 23.9 Å². The number of fused-ring (bicyclic) bond motifs is 7. The molecule has 55 heavy (non-hydrogen) atoms. The molecule has 9 nitrogen and oxygen atoms in total. The van der Waals surface area contributed by atoms with Crippen molar-refractivity contribution in [3.63, 3.8) is 0 Å². The van der Waals surface area contributed by atoms with E-state index in [-0.39, 0.29) is 59.7 Å². The molecule has 2 fully saturated rings. The van der Waals surface area contributed by atoms with Gasteiger partial charge in [0.2, 0.25) is 0 Å². The number of allylic oxidation sites excluding steroid dienone is 4. The average molecular weight is 755 g/mol. The molecule has 0 unspecified atom stereocenters. The Labute approximate surface area is 342 Å². The van der Waals surface area contributed by atoms with Gasteiger partial charge >= 0.3 is 35.0 Å². The monoisotopic (exact) mass is 754 g/mol. The van der Waals surface area contributed by atoms with Gasteiger partial charge < -0.3 is 30.1 Å². The number of hydrogen-bond acceptors (Lipinski definition) is 5. The van der Waals surface area contributed by atoms with Gasteiger partial charge in [-0.05, 0) is 82.8 Å². The minimum Gasteiger partial charge on any atom is -0.678 e. The maximum atomic E-state index is 14.3. The largest absolute Gasteiger partial charge is 2.00 e. The molecule has 1 aliphatic carbocycles. The number of aromatic nitrogens is 2. The van der Waals surface area contributed by atoms with Crippen LogP contribution in [0.1, 0.15) is 107 Å². The molecule has 2 aromatic heterocycles. The minimum absolute atomic E-state index is 0. The zero-order chi connectivity index (χ0) is 39.0. The Morgan fingerprint density at radius 3 is 2.44 bits per heavy atom. The first-order chi connectivity index (χ1) is 25.8. The van der Waals surface area contributed by atoms with Crippen molar-refractivity contribution in [2.75, 3.05) is 13.7 Å². The number of methoxy groups -OCH3 is 1. The van der Waals surface area contributed by atoms with Crippen LogP contribution in [0.4, 0.5) is 0 Å². The minimum atomic E-state index is -1.14. The van der Waals surface area contributed by atoms with E-state index in [4.69, 9.17) is 30.1 Å². The van der Waals surface area contributed by atoms with Gasteiger partial charge in [-0.15, -0.1) is 27.8 Å². The second kappa shape index (κ2) is 17.4. The van der Waals surface area contributed by atoms with Crippen LogP contribution in [-0.2, 0) is 30.3 Å². The first kappa shape index (κ1) is 42.1. The molecule has 288 valence electrons. The van der Waals surface area contributed by atoms with E-state index in [1.807, 2.05) is 44.2 Å². The third-order valence-electron chi connectivity index (χ3n) is 11.9. The van der Waals surface area contributed by atoms with Crippen LogP contribution in [0.15, 0.2) is 46.5 Å². The molecule has 0 spiro atoms. The van der Waals surface area contributed by atoms with Gasteiger partial charge in [0, 0.05) is 12.3 Å². The second-order valence-corrected chi connectivity index (χ2v) is 15.7. The van der Waals surface area contributed by atoms with E-state index >= 15 is 0 Å². The molecule has 0 radical (unpaired) electrons. The summed E-state index contributed by atoms with van der Waals surface area (Å²) in [7, 11) is 1.31. The molecule has 5 heterocycles. The van der Waals surface area contributed by atoms with Crippen LogP contribution in [-0.4, -0.2) is 60.5 Å². The zero-order valence-electron chi connectivity index (χ0n) is 34.0. The molecule has 8 bridgehead atoms. The van der Waals surface area contributed by atoms with Gasteiger partial charge in [0.1, 0.15) is 12.5 Å². The fourth-order valence-corrected chi connectivity index (χ4v) is 8.61. The molecular weight excluding hydrogens is 701 g/mol. The molecule has 3 aliphatic heterocycles. The Bertz CT molecular complexity index is 2130. The normalized spacial score (nSPS) is 26.3. The van der Waals surface area contributed by atoms with Crippen molar-refractivity contribution in [2.45, 2.75) is 100.0 Å². The molecule has 1 saturated carbocycles. The zero-order valence-corrected chi connectivity index (χ0v) is 35.5. The molecule has 2 aromatic rings. The fourth-order valence-electron chi connectivity index (χ4n) is 8.61. The van der Waals surface area contributed by atoms with Gasteiger partial charge in [-0.2, -0.15) is 11.4 Å². The Morgan fingerprint density at radius 2 is 1.76 bits per heavy atom. The molecule has 1 saturated heterocycles. The molecule has 0 aromatic carbocycles. The Hall–Kier alpha value is -4.02. The molecular formula is C45H54MgN4O5-2. The summed E-state index contributed by atoms with van der Waals surface area (Å²) in [5, 5.41) is 12.0. The van der Waals surface area contributed by atoms with Gasteiger partial charge in [-0.1, -0.05) is 104 Å². The number of esters is 2. The van der Waals surface area contributed by atoms with Crippen molar-refractivity contribution in [3.05, 3.63) is 101 Å². The van der Waals surface area contributed by atoms with Crippen molar-refractivity contribution in [1.82, 2.24) is 9.97 Å². The van der Waals surface area contributed by atoms with Crippen LogP contribution in [0.3, 0.4) is 0 Å². The van der Waals surface area contributed by atoms with Crippen LogP contribution >= 0.6 is 0 Å². The first-order valence-corrected chi connectivity index (χ1v) is 19.5. The SMILES string of the molecule is C=Cc1c2[n-]c(c1C)/C=C1\[N-]/C(=C3/[C@@H](C(=O)OC)C(=O)[C@@H]4C(C)=C(/C=c5/[n-]/c(c(C)c5CC)=C\2)[N-][C@@H]34)[C@@H](CCC(=O)OC/C=C(\C)CCCC(C)C)[C@@H]1C.[Mg+2]. The summed E-state index contributed by atoms with van der Waals surface area (Å²) in [6, 6.07) is -0.616. The second-order valence-electron chi connectivity index (χ2n) is 15.7. The predicted molar refractivity (Wildman–Crippen MR) is 219 cm³/mol. The number of ketones is 1. The van der Waals surface area contributed by atoms with Crippen LogP contribution in [0.2, 0.25) is 0 Å². The molecule has 4 aliphatic rings. The van der Waals surface area contributed by atoms with Gasteiger partial charge in [-0.25, -0.2) is 0 Å². The number of carbonyl (C=O) groups excluding carboxylic acids is 3. The van der Waals surface area contributed by atoms with Crippen molar-refractivity contribution in [2.24, 2.45) is 29.6 Å². The Balaban J connectivity index is 0.00000580. The van der Waals surface area contributed by atoms with E-state index in [1.54, 1.807) is 0 Å². The maximum Gasteiger partial charge on any atom is 2.00 e. The first-order valence-electron chi connectivity index (χ1n) is 19.5. The van der Waals surface area contributed by atoms with E-state index in [0.29, 0.717) is 29.3 Å². The topological polar surface area (TPSA) is 126 Å². The predicted octanol–water partition coefficient (Wildman–Crippen LogP) is 7.01. The van der Waals surface area contributed by atoms with E-state index in [0.717, 1.165) is 74.9 Å².